The first-order valence-corrected chi connectivity index (χ1v) is 13.8. The molecule has 2 heterocycles. The number of nitrogens with zero attached hydrogens (tertiary/aromatic N) is 2. The first-order valence-electron chi connectivity index (χ1n) is 13.8. The Bertz CT molecular complexity index is 1510. The van der Waals surface area contributed by atoms with Crippen molar-refractivity contribution in [2.45, 2.75) is 23.7 Å². The van der Waals surface area contributed by atoms with Gasteiger partial charge in [-0.15, -0.1) is 0 Å². The second kappa shape index (κ2) is 10.7. The van der Waals surface area contributed by atoms with Gasteiger partial charge >= 0.3 is 0 Å². The van der Waals surface area contributed by atoms with Gasteiger partial charge in [0.2, 0.25) is 11.8 Å². The van der Waals surface area contributed by atoms with Crippen LogP contribution in [0, 0.1) is 23.3 Å². The molecule has 0 bridgehead atoms. The summed E-state index contributed by atoms with van der Waals surface area (Å²) in [5.74, 6) is -2.19. The first kappa shape index (κ1) is 27.7. The Morgan fingerprint density at radius 2 is 1.00 bits per heavy atom. The van der Waals surface area contributed by atoms with Crippen LogP contribution in [0.15, 0.2) is 97.1 Å². The molecule has 8 heteroatoms. The van der Waals surface area contributed by atoms with Gasteiger partial charge in [0.25, 0.3) is 0 Å². The Labute approximate surface area is 241 Å². The summed E-state index contributed by atoms with van der Waals surface area (Å²) in [4.78, 5) is 31.0. The summed E-state index contributed by atoms with van der Waals surface area (Å²) in [7, 11) is 0. The number of hydrogen-bond donors (Lipinski definition) is 0. The summed E-state index contributed by atoms with van der Waals surface area (Å²) in [5.41, 5.74) is 0.924. The van der Waals surface area contributed by atoms with Crippen molar-refractivity contribution in [2.75, 3.05) is 26.2 Å². The van der Waals surface area contributed by atoms with Crippen LogP contribution in [0.1, 0.15) is 35.1 Å². The number of likely N-dealkylation sites (tertiary alicyclic amines) is 2. The van der Waals surface area contributed by atoms with E-state index >= 15 is 0 Å². The molecule has 0 radical (unpaired) electrons. The molecule has 0 N–H and O–H groups in total. The molecule has 0 aliphatic carbocycles. The Morgan fingerprint density at radius 3 is 1.43 bits per heavy atom. The van der Waals surface area contributed by atoms with Crippen LogP contribution in [0.5, 0.6) is 0 Å². The molecule has 0 aromatic heterocycles. The van der Waals surface area contributed by atoms with Gasteiger partial charge in [-0.1, -0.05) is 48.5 Å². The number of carbonyl (C=O) groups is 2. The molecule has 4 nitrogen and oxygen atoms in total. The number of rotatable bonds is 6. The van der Waals surface area contributed by atoms with E-state index < -0.39 is 22.5 Å². The van der Waals surface area contributed by atoms with Crippen LogP contribution >= 0.6 is 0 Å². The molecule has 0 spiro atoms. The van der Waals surface area contributed by atoms with Gasteiger partial charge in [-0.2, -0.15) is 0 Å². The largest absolute Gasteiger partial charge is 0.340 e. The van der Waals surface area contributed by atoms with Gasteiger partial charge in [0.05, 0.1) is 6.54 Å². The fourth-order valence-electron chi connectivity index (χ4n) is 6.56. The quantitative estimate of drug-likeness (QED) is 0.267. The molecule has 0 unspecified atom stereocenters. The predicted molar refractivity (Wildman–Crippen MR) is 150 cm³/mol. The van der Waals surface area contributed by atoms with E-state index in [2.05, 4.69) is 0 Å². The van der Waals surface area contributed by atoms with Crippen molar-refractivity contribution in [3.63, 3.8) is 0 Å². The van der Waals surface area contributed by atoms with E-state index in [0.717, 1.165) is 11.1 Å². The zero-order valence-corrected chi connectivity index (χ0v) is 22.7. The van der Waals surface area contributed by atoms with E-state index in [1.165, 1.54) is 53.4 Å². The Morgan fingerprint density at radius 1 is 0.595 bits per heavy atom. The smallest absolute Gasteiger partial charge is 0.242 e. The molecule has 2 aliphatic heterocycles. The first-order chi connectivity index (χ1) is 20.2. The lowest BCUT2D eigenvalue weighted by Gasteiger charge is -2.32. The van der Waals surface area contributed by atoms with E-state index in [0.29, 0.717) is 30.5 Å². The maximum atomic E-state index is 14.1. The van der Waals surface area contributed by atoms with Crippen LogP contribution in [0.25, 0.3) is 0 Å². The SMILES string of the molecule is O=C(CN1CCC(c2ccc(F)cc2)(c2ccc(F)cc2)C1=O)N1CCC(c2ccc(F)cc2)(c2ccc(F)cc2)C1. The summed E-state index contributed by atoms with van der Waals surface area (Å²) < 4.78 is 55.1. The molecule has 2 fully saturated rings. The van der Waals surface area contributed by atoms with Gasteiger partial charge in [0, 0.05) is 25.0 Å². The minimum absolute atomic E-state index is 0.161. The highest BCUT2D eigenvalue weighted by Gasteiger charge is 2.50. The summed E-state index contributed by atoms with van der Waals surface area (Å²) in [6.07, 6.45) is 0.879. The van der Waals surface area contributed by atoms with Crippen LogP contribution in [-0.2, 0) is 20.4 Å². The summed E-state index contributed by atoms with van der Waals surface area (Å²) in [5, 5.41) is 0. The van der Waals surface area contributed by atoms with Gasteiger partial charge in [-0.25, -0.2) is 17.6 Å². The van der Waals surface area contributed by atoms with E-state index in [4.69, 9.17) is 0 Å². The zero-order valence-electron chi connectivity index (χ0n) is 22.7. The lowest BCUT2D eigenvalue weighted by Crippen LogP contribution is -2.45. The van der Waals surface area contributed by atoms with Crippen LogP contribution in [0.2, 0.25) is 0 Å². The van der Waals surface area contributed by atoms with Crippen molar-refractivity contribution in [1.82, 2.24) is 9.80 Å². The Hall–Kier alpha value is -4.46. The lowest BCUT2D eigenvalue weighted by atomic mass is 9.73. The highest BCUT2D eigenvalue weighted by Crippen LogP contribution is 2.44. The fraction of sp³-hybridized carbons (Fsp3) is 0.235. The predicted octanol–water partition coefficient (Wildman–Crippen LogP) is 5.98. The summed E-state index contributed by atoms with van der Waals surface area (Å²) in [6, 6.07) is 23.6. The Balaban J connectivity index is 1.27. The van der Waals surface area contributed by atoms with Gasteiger partial charge in [0.1, 0.15) is 28.7 Å². The second-order valence-electron chi connectivity index (χ2n) is 11.1. The third kappa shape index (κ3) is 4.74. The number of halogens is 4. The van der Waals surface area contributed by atoms with Crippen molar-refractivity contribution < 1.29 is 27.2 Å². The topological polar surface area (TPSA) is 40.6 Å². The fourth-order valence-corrected chi connectivity index (χ4v) is 6.56. The van der Waals surface area contributed by atoms with Crippen LogP contribution < -0.4 is 0 Å². The van der Waals surface area contributed by atoms with Gasteiger partial charge < -0.3 is 9.80 Å². The molecule has 2 aliphatic rings. The second-order valence-corrected chi connectivity index (χ2v) is 11.1. The minimum Gasteiger partial charge on any atom is -0.340 e. The molecule has 2 amide bonds. The highest BCUT2D eigenvalue weighted by molar-refractivity contribution is 5.96. The molecule has 4 aromatic carbocycles. The normalized spacial score (nSPS) is 17.6. The van der Waals surface area contributed by atoms with Crippen molar-refractivity contribution in [3.8, 4) is 0 Å². The number of carbonyl (C=O) groups excluding carboxylic acids is 2. The Kier molecular flexibility index (Phi) is 7.09. The summed E-state index contributed by atoms with van der Waals surface area (Å²) >= 11 is 0. The molecule has 6 rings (SSSR count). The highest BCUT2D eigenvalue weighted by atomic mass is 19.1. The van der Waals surface area contributed by atoms with E-state index in [9.17, 15) is 27.2 Å². The zero-order chi connectivity index (χ0) is 29.5. The van der Waals surface area contributed by atoms with Crippen LogP contribution in [0.4, 0.5) is 17.6 Å². The molecular formula is C34H28F4N2O2. The average Bonchev–Trinajstić information content (AvgIpc) is 3.58. The maximum Gasteiger partial charge on any atom is 0.242 e. The van der Waals surface area contributed by atoms with Gasteiger partial charge in [0.15, 0.2) is 0 Å². The molecule has 2 saturated heterocycles. The molecule has 214 valence electrons. The van der Waals surface area contributed by atoms with E-state index in [1.54, 1.807) is 53.4 Å². The lowest BCUT2D eigenvalue weighted by molar-refractivity contribution is -0.139. The number of amides is 2. The van der Waals surface area contributed by atoms with E-state index in [-0.39, 0.29) is 43.1 Å². The van der Waals surface area contributed by atoms with Crippen LogP contribution in [-0.4, -0.2) is 47.8 Å². The van der Waals surface area contributed by atoms with Crippen molar-refractivity contribution in [3.05, 3.63) is 143 Å². The third-order valence-corrected chi connectivity index (χ3v) is 8.82. The molecule has 42 heavy (non-hydrogen) atoms. The maximum absolute atomic E-state index is 14.1. The van der Waals surface area contributed by atoms with Gasteiger partial charge in [-0.3, -0.25) is 9.59 Å². The molecule has 0 saturated carbocycles. The molecule has 0 atom stereocenters. The molecule has 4 aromatic rings. The number of hydrogen-bond acceptors (Lipinski definition) is 2. The van der Waals surface area contributed by atoms with E-state index in [1.807, 2.05) is 0 Å². The minimum atomic E-state index is -1.18. The monoisotopic (exact) mass is 572 g/mol. The van der Waals surface area contributed by atoms with Crippen LogP contribution in [0.3, 0.4) is 0 Å². The van der Waals surface area contributed by atoms with Crippen molar-refractivity contribution in [2.24, 2.45) is 0 Å². The van der Waals surface area contributed by atoms with Crippen molar-refractivity contribution >= 4 is 11.8 Å². The standard InChI is InChI=1S/C34H28F4N2O2/c35-27-9-1-23(2-10-27)33(24-3-11-28(36)12-4-24)17-19-40(22-33)31(41)21-39-20-18-34(32(39)42,25-5-13-29(37)14-6-25)26-7-15-30(38)16-8-26/h1-16H,17-22H2. The third-order valence-electron chi connectivity index (χ3n) is 8.82. The number of benzene rings is 4. The summed E-state index contributed by atoms with van der Waals surface area (Å²) in [6.45, 7) is 0.809. The van der Waals surface area contributed by atoms with Gasteiger partial charge in [-0.05, 0) is 83.6 Å². The van der Waals surface area contributed by atoms with Crippen molar-refractivity contribution in [1.29, 1.82) is 0 Å². The average molecular weight is 573 g/mol. The molecular weight excluding hydrogens is 544 g/mol.